The minimum Gasteiger partial charge on any atom is -0.489 e. The molecule has 0 radical (unpaired) electrons. The van der Waals surface area contributed by atoms with Crippen LogP contribution < -0.4 is 10.5 Å². The van der Waals surface area contributed by atoms with Crippen LogP contribution in [0.4, 0.5) is 0 Å². The number of rotatable bonds is 5. The third kappa shape index (κ3) is 3.36. The summed E-state index contributed by atoms with van der Waals surface area (Å²) >= 11 is 0. The molecule has 3 nitrogen and oxygen atoms in total. The Bertz CT molecular complexity index is 579. The van der Waals surface area contributed by atoms with E-state index in [1.54, 1.807) is 6.20 Å². The molecule has 1 aromatic carbocycles. The number of nitrogens with zero attached hydrogens (tertiary/aromatic N) is 1. The van der Waals surface area contributed by atoms with Crippen molar-refractivity contribution >= 4 is 0 Å². The van der Waals surface area contributed by atoms with E-state index in [-0.39, 0.29) is 0 Å². The van der Waals surface area contributed by atoms with Crippen molar-refractivity contribution in [2.45, 2.75) is 39.8 Å². The molecule has 106 valence electrons. The predicted octanol–water partition coefficient (Wildman–Crippen LogP) is 3.55. The summed E-state index contributed by atoms with van der Waals surface area (Å²) in [6.45, 7) is 7.36. The van der Waals surface area contributed by atoms with Crippen LogP contribution in [-0.4, -0.2) is 4.98 Å². The molecule has 0 aliphatic rings. The van der Waals surface area contributed by atoms with Crippen LogP contribution in [0.25, 0.3) is 0 Å². The van der Waals surface area contributed by atoms with Gasteiger partial charge in [-0.25, -0.2) is 0 Å². The number of hydrogen-bond donors (Lipinski definition) is 1. The second-order valence-corrected chi connectivity index (χ2v) is 5.30. The molecule has 0 spiro atoms. The summed E-state index contributed by atoms with van der Waals surface area (Å²) in [5.41, 5.74) is 10.1. The molecule has 0 atom stereocenters. The Balaban J connectivity index is 2.20. The van der Waals surface area contributed by atoms with Gasteiger partial charge in [-0.3, -0.25) is 4.98 Å². The molecule has 0 bridgehead atoms. The minimum absolute atomic E-state index is 0.435. The van der Waals surface area contributed by atoms with E-state index in [0.29, 0.717) is 19.1 Å². The molecule has 0 amide bonds. The molecule has 2 rings (SSSR count). The Morgan fingerprint density at radius 3 is 2.75 bits per heavy atom. The number of aromatic nitrogens is 1. The van der Waals surface area contributed by atoms with Crippen molar-refractivity contribution in [1.29, 1.82) is 0 Å². The van der Waals surface area contributed by atoms with Crippen molar-refractivity contribution in [2.75, 3.05) is 0 Å². The molecule has 0 saturated carbocycles. The lowest BCUT2D eigenvalue weighted by Crippen LogP contribution is -2.07. The number of aryl methyl sites for hydroxylation is 1. The summed E-state index contributed by atoms with van der Waals surface area (Å²) in [7, 11) is 0. The van der Waals surface area contributed by atoms with E-state index in [9.17, 15) is 0 Å². The highest BCUT2D eigenvalue weighted by atomic mass is 16.5. The van der Waals surface area contributed by atoms with E-state index in [2.05, 4.69) is 44.0 Å². The quantitative estimate of drug-likeness (QED) is 0.903. The zero-order valence-corrected chi connectivity index (χ0v) is 12.4. The Morgan fingerprint density at radius 1 is 1.25 bits per heavy atom. The third-order valence-electron chi connectivity index (χ3n) is 3.35. The molecule has 20 heavy (non-hydrogen) atoms. The number of pyridine rings is 1. The monoisotopic (exact) mass is 270 g/mol. The van der Waals surface area contributed by atoms with Gasteiger partial charge >= 0.3 is 0 Å². The maximum Gasteiger partial charge on any atom is 0.123 e. The maximum absolute atomic E-state index is 6.01. The summed E-state index contributed by atoms with van der Waals surface area (Å²) in [6.07, 6.45) is 1.76. The average Bonchev–Trinajstić information content (AvgIpc) is 2.45. The van der Waals surface area contributed by atoms with E-state index >= 15 is 0 Å². The average molecular weight is 270 g/mol. The Kier molecular flexibility index (Phi) is 4.74. The second-order valence-electron chi connectivity index (χ2n) is 5.30. The molecular formula is C17H22N2O. The third-order valence-corrected chi connectivity index (χ3v) is 3.35. The molecule has 0 fully saturated rings. The van der Waals surface area contributed by atoms with Crippen molar-refractivity contribution < 1.29 is 4.74 Å². The van der Waals surface area contributed by atoms with E-state index in [4.69, 9.17) is 10.5 Å². The minimum atomic E-state index is 0.435. The predicted molar refractivity (Wildman–Crippen MR) is 81.7 cm³/mol. The van der Waals surface area contributed by atoms with Crippen LogP contribution in [-0.2, 0) is 13.2 Å². The highest BCUT2D eigenvalue weighted by Gasteiger charge is 2.09. The van der Waals surface area contributed by atoms with Crippen LogP contribution in [0.5, 0.6) is 5.75 Å². The van der Waals surface area contributed by atoms with Gasteiger partial charge < -0.3 is 10.5 Å². The van der Waals surface area contributed by atoms with Crippen LogP contribution in [0.3, 0.4) is 0 Å². The van der Waals surface area contributed by atoms with Crippen LogP contribution in [0.15, 0.2) is 36.5 Å². The molecule has 3 heteroatoms. The zero-order valence-electron chi connectivity index (χ0n) is 12.4. The van der Waals surface area contributed by atoms with Gasteiger partial charge in [-0.15, -0.1) is 0 Å². The molecule has 1 aromatic heterocycles. The first-order valence-corrected chi connectivity index (χ1v) is 6.98. The van der Waals surface area contributed by atoms with Gasteiger partial charge in [-0.2, -0.15) is 0 Å². The summed E-state index contributed by atoms with van der Waals surface area (Å²) in [5, 5.41) is 0. The standard InChI is InChI=1S/C17H22N2O/c1-12(2)15-7-6-13(3)9-17(15)20-11-14-5-4-8-19-16(14)10-18/h4-9,12H,10-11,18H2,1-3H3. The van der Waals surface area contributed by atoms with E-state index in [1.165, 1.54) is 11.1 Å². The van der Waals surface area contributed by atoms with Gasteiger partial charge in [0, 0.05) is 18.3 Å². The number of ether oxygens (including phenoxy) is 1. The zero-order chi connectivity index (χ0) is 14.5. The second kappa shape index (κ2) is 6.53. The fourth-order valence-corrected chi connectivity index (χ4v) is 2.19. The van der Waals surface area contributed by atoms with Crippen LogP contribution in [0.2, 0.25) is 0 Å². The smallest absolute Gasteiger partial charge is 0.123 e. The van der Waals surface area contributed by atoms with E-state index in [0.717, 1.165) is 17.0 Å². The normalized spacial score (nSPS) is 10.8. The summed E-state index contributed by atoms with van der Waals surface area (Å²) in [6, 6.07) is 10.3. The Hall–Kier alpha value is -1.87. The van der Waals surface area contributed by atoms with Crippen molar-refractivity contribution in [3.63, 3.8) is 0 Å². The maximum atomic E-state index is 6.01. The van der Waals surface area contributed by atoms with Crippen molar-refractivity contribution in [2.24, 2.45) is 5.73 Å². The Labute approximate surface area is 120 Å². The lowest BCUT2D eigenvalue weighted by Gasteiger charge is -2.15. The Morgan fingerprint density at radius 2 is 2.05 bits per heavy atom. The topological polar surface area (TPSA) is 48.1 Å². The first-order valence-electron chi connectivity index (χ1n) is 6.98. The summed E-state index contributed by atoms with van der Waals surface area (Å²) < 4.78 is 6.01. The molecule has 0 aliphatic heterocycles. The highest BCUT2D eigenvalue weighted by Crippen LogP contribution is 2.28. The molecule has 1 heterocycles. The fraction of sp³-hybridized carbons (Fsp3) is 0.353. The lowest BCUT2D eigenvalue weighted by molar-refractivity contribution is 0.300. The molecule has 2 N–H and O–H groups in total. The first-order chi connectivity index (χ1) is 9.61. The number of benzene rings is 1. The SMILES string of the molecule is Cc1ccc(C(C)C)c(OCc2cccnc2CN)c1. The van der Waals surface area contributed by atoms with Gasteiger partial charge in [0.15, 0.2) is 0 Å². The number of hydrogen-bond acceptors (Lipinski definition) is 3. The molecule has 0 saturated heterocycles. The van der Waals surface area contributed by atoms with Crippen LogP contribution in [0.1, 0.15) is 42.1 Å². The van der Waals surface area contributed by atoms with E-state index in [1.807, 2.05) is 12.1 Å². The summed E-state index contributed by atoms with van der Waals surface area (Å²) in [4.78, 5) is 4.28. The number of nitrogens with two attached hydrogens (primary N) is 1. The van der Waals surface area contributed by atoms with Gasteiger partial charge in [-0.05, 0) is 36.1 Å². The van der Waals surface area contributed by atoms with Crippen molar-refractivity contribution in [3.05, 3.63) is 58.9 Å². The molecule has 2 aromatic rings. The molecular weight excluding hydrogens is 248 g/mol. The van der Waals surface area contributed by atoms with Crippen LogP contribution in [0, 0.1) is 6.92 Å². The van der Waals surface area contributed by atoms with Crippen molar-refractivity contribution in [1.82, 2.24) is 4.98 Å². The highest BCUT2D eigenvalue weighted by molar-refractivity contribution is 5.39. The van der Waals surface area contributed by atoms with Gasteiger partial charge in [0.25, 0.3) is 0 Å². The van der Waals surface area contributed by atoms with Gasteiger partial charge in [-0.1, -0.05) is 32.0 Å². The fourth-order valence-electron chi connectivity index (χ4n) is 2.19. The molecule has 0 unspecified atom stereocenters. The van der Waals surface area contributed by atoms with Gasteiger partial charge in [0.05, 0.1) is 5.69 Å². The van der Waals surface area contributed by atoms with Crippen molar-refractivity contribution in [3.8, 4) is 5.75 Å². The van der Waals surface area contributed by atoms with Gasteiger partial charge in [0.2, 0.25) is 0 Å². The first kappa shape index (κ1) is 14.5. The van der Waals surface area contributed by atoms with E-state index < -0.39 is 0 Å². The largest absolute Gasteiger partial charge is 0.489 e. The summed E-state index contributed by atoms with van der Waals surface area (Å²) in [5.74, 6) is 1.39. The van der Waals surface area contributed by atoms with Gasteiger partial charge in [0.1, 0.15) is 12.4 Å². The van der Waals surface area contributed by atoms with Crippen LogP contribution >= 0.6 is 0 Å². The molecule has 0 aliphatic carbocycles. The lowest BCUT2D eigenvalue weighted by atomic mass is 10.0.